The van der Waals surface area contributed by atoms with E-state index in [-0.39, 0.29) is 12.5 Å². The Morgan fingerprint density at radius 2 is 2.14 bits per heavy atom. The van der Waals surface area contributed by atoms with E-state index in [1.165, 1.54) is 0 Å². The van der Waals surface area contributed by atoms with Gasteiger partial charge in [-0.3, -0.25) is 4.79 Å². The Morgan fingerprint density at radius 3 is 2.64 bits per heavy atom. The van der Waals surface area contributed by atoms with Crippen LogP contribution in [0.3, 0.4) is 0 Å². The number of nitrogens with zero attached hydrogens (tertiary/aromatic N) is 2. The number of piperidine rings is 1. The number of carbonyl (C=O) groups is 1. The number of aromatic nitrogens is 1. The summed E-state index contributed by atoms with van der Waals surface area (Å²) in [6.07, 6.45) is 3.06. The molecule has 0 bridgehead atoms. The van der Waals surface area contributed by atoms with Crippen LogP contribution >= 0.6 is 15.9 Å². The summed E-state index contributed by atoms with van der Waals surface area (Å²) >= 11 is 3.38. The lowest BCUT2D eigenvalue weighted by Crippen LogP contribution is -2.51. The molecule has 2 heterocycles. The smallest absolute Gasteiger partial charge is 0.228 e. The second-order valence-electron chi connectivity index (χ2n) is 6.36. The number of aliphatic hydroxyl groups is 1. The molecule has 1 aliphatic rings. The Hall–Kier alpha value is -1.14. The Labute approximate surface area is 140 Å². The number of carbonyl (C=O) groups excluding carboxylic acids is 1. The van der Waals surface area contributed by atoms with E-state index < -0.39 is 5.41 Å². The van der Waals surface area contributed by atoms with Gasteiger partial charge in [0.15, 0.2) is 0 Å². The number of anilines is 1. The van der Waals surface area contributed by atoms with Crippen LogP contribution in [-0.2, 0) is 4.79 Å². The minimum absolute atomic E-state index is 0.0212. The number of rotatable bonds is 5. The number of nitrogens with one attached hydrogen (secondary N) is 1. The van der Waals surface area contributed by atoms with Gasteiger partial charge < -0.3 is 15.3 Å². The SMILES string of the molecule is CC(C)CNC(=O)C1(CO)CCN(c2ccc(Br)cn2)CC1. The third-order valence-electron chi connectivity index (χ3n) is 4.21. The molecule has 6 heteroatoms. The molecular formula is C16H24BrN3O2. The molecule has 1 saturated heterocycles. The highest BCUT2D eigenvalue weighted by atomic mass is 79.9. The maximum Gasteiger partial charge on any atom is 0.228 e. The monoisotopic (exact) mass is 369 g/mol. The van der Waals surface area contributed by atoms with Crippen LogP contribution < -0.4 is 10.2 Å². The third kappa shape index (κ3) is 3.98. The zero-order chi connectivity index (χ0) is 16.2. The zero-order valence-corrected chi connectivity index (χ0v) is 14.8. The number of hydrogen-bond donors (Lipinski definition) is 2. The van der Waals surface area contributed by atoms with E-state index in [1.807, 2.05) is 12.1 Å². The first-order chi connectivity index (χ1) is 10.5. The van der Waals surface area contributed by atoms with Gasteiger partial charge in [-0.15, -0.1) is 0 Å². The van der Waals surface area contributed by atoms with E-state index in [1.54, 1.807) is 6.20 Å². The highest BCUT2D eigenvalue weighted by Gasteiger charge is 2.41. The van der Waals surface area contributed by atoms with Gasteiger partial charge in [0.1, 0.15) is 5.82 Å². The average Bonchev–Trinajstić information content (AvgIpc) is 2.53. The fourth-order valence-corrected chi connectivity index (χ4v) is 2.89. The highest BCUT2D eigenvalue weighted by Crippen LogP contribution is 2.33. The number of amides is 1. The quantitative estimate of drug-likeness (QED) is 0.834. The lowest BCUT2D eigenvalue weighted by molar-refractivity contribution is -0.135. The average molecular weight is 370 g/mol. The van der Waals surface area contributed by atoms with Gasteiger partial charge in [-0.25, -0.2) is 4.98 Å². The summed E-state index contributed by atoms with van der Waals surface area (Å²) in [5.74, 6) is 1.30. The lowest BCUT2D eigenvalue weighted by atomic mass is 9.78. The maximum atomic E-state index is 12.4. The third-order valence-corrected chi connectivity index (χ3v) is 4.68. The van der Waals surface area contributed by atoms with E-state index in [0.29, 0.717) is 25.3 Å². The first-order valence-corrected chi connectivity index (χ1v) is 8.52. The van der Waals surface area contributed by atoms with E-state index in [2.05, 4.69) is 45.0 Å². The van der Waals surface area contributed by atoms with E-state index in [0.717, 1.165) is 23.4 Å². The second-order valence-corrected chi connectivity index (χ2v) is 7.28. The van der Waals surface area contributed by atoms with Crippen molar-refractivity contribution in [2.75, 3.05) is 31.1 Å². The minimum Gasteiger partial charge on any atom is -0.395 e. The van der Waals surface area contributed by atoms with E-state index in [9.17, 15) is 9.90 Å². The molecule has 1 aromatic heterocycles. The zero-order valence-electron chi connectivity index (χ0n) is 13.2. The van der Waals surface area contributed by atoms with Gasteiger partial charge in [0.05, 0.1) is 12.0 Å². The first kappa shape index (κ1) is 17.2. The van der Waals surface area contributed by atoms with Crippen LogP contribution in [0.5, 0.6) is 0 Å². The summed E-state index contributed by atoms with van der Waals surface area (Å²) in [4.78, 5) is 19.0. The Bertz CT molecular complexity index is 497. The van der Waals surface area contributed by atoms with E-state index in [4.69, 9.17) is 0 Å². The fourth-order valence-electron chi connectivity index (χ4n) is 2.66. The molecule has 1 aliphatic heterocycles. The maximum absolute atomic E-state index is 12.4. The van der Waals surface area contributed by atoms with Gasteiger partial charge in [-0.2, -0.15) is 0 Å². The van der Waals surface area contributed by atoms with Crippen LogP contribution in [0.25, 0.3) is 0 Å². The topological polar surface area (TPSA) is 65.5 Å². The molecule has 5 nitrogen and oxygen atoms in total. The van der Waals surface area contributed by atoms with Gasteiger partial charge in [0.25, 0.3) is 0 Å². The van der Waals surface area contributed by atoms with Crippen LogP contribution in [0.4, 0.5) is 5.82 Å². The molecule has 122 valence electrons. The molecule has 0 saturated carbocycles. The summed E-state index contributed by atoms with van der Waals surface area (Å²) in [5, 5.41) is 12.7. The van der Waals surface area contributed by atoms with E-state index >= 15 is 0 Å². The van der Waals surface area contributed by atoms with Crippen LogP contribution in [0.15, 0.2) is 22.8 Å². The largest absolute Gasteiger partial charge is 0.395 e. The number of pyridine rings is 1. The number of aliphatic hydroxyl groups excluding tert-OH is 1. The molecule has 0 aromatic carbocycles. The fraction of sp³-hybridized carbons (Fsp3) is 0.625. The molecule has 1 fully saturated rings. The van der Waals surface area contributed by atoms with Crippen molar-refractivity contribution in [2.45, 2.75) is 26.7 Å². The second kappa shape index (κ2) is 7.42. The molecule has 1 amide bonds. The Balaban J connectivity index is 1.98. The van der Waals surface area contributed by atoms with Crippen molar-refractivity contribution < 1.29 is 9.90 Å². The van der Waals surface area contributed by atoms with Gasteiger partial charge in [-0.05, 0) is 46.8 Å². The van der Waals surface area contributed by atoms with Gasteiger partial charge in [0.2, 0.25) is 5.91 Å². The highest BCUT2D eigenvalue weighted by molar-refractivity contribution is 9.10. The Kier molecular flexibility index (Phi) is 5.81. The summed E-state index contributed by atoms with van der Waals surface area (Å²) < 4.78 is 0.950. The van der Waals surface area contributed by atoms with Crippen molar-refractivity contribution in [3.8, 4) is 0 Å². The summed E-state index contributed by atoms with van der Waals surface area (Å²) in [6, 6.07) is 3.93. The van der Waals surface area contributed by atoms with Crippen molar-refractivity contribution in [3.05, 3.63) is 22.8 Å². The minimum atomic E-state index is -0.652. The molecule has 2 N–H and O–H groups in total. The van der Waals surface area contributed by atoms with Crippen LogP contribution in [0.2, 0.25) is 0 Å². The molecule has 0 radical (unpaired) electrons. The first-order valence-electron chi connectivity index (χ1n) is 7.72. The van der Waals surface area contributed by atoms with Crippen LogP contribution in [0.1, 0.15) is 26.7 Å². The molecule has 0 atom stereocenters. The van der Waals surface area contributed by atoms with Crippen LogP contribution in [0, 0.1) is 11.3 Å². The molecule has 22 heavy (non-hydrogen) atoms. The molecule has 0 spiro atoms. The summed E-state index contributed by atoms with van der Waals surface area (Å²) in [5.41, 5.74) is -0.652. The molecule has 0 aliphatic carbocycles. The van der Waals surface area contributed by atoms with Crippen molar-refractivity contribution in [2.24, 2.45) is 11.3 Å². The lowest BCUT2D eigenvalue weighted by Gasteiger charge is -2.40. The van der Waals surface area contributed by atoms with Crippen molar-refractivity contribution in [3.63, 3.8) is 0 Å². The molecule has 1 aromatic rings. The number of hydrogen-bond acceptors (Lipinski definition) is 4. The van der Waals surface area contributed by atoms with Gasteiger partial charge in [0, 0.05) is 30.3 Å². The van der Waals surface area contributed by atoms with Crippen molar-refractivity contribution in [1.29, 1.82) is 0 Å². The molecule has 0 unspecified atom stereocenters. The normalized spacial score (nSPS) is 17.6. The van der Waals surface area contributed by atoms with Crippen molar-refractivity contribution in [1.82, 2.24) is 10.3 Å². The predicted molar refractivity (Wildman–Crippen MR) is 90.8 cm³/mol. The van der Waals surface area contributed by atoms with Crippen molar-refractivity contribution >= 4 is 27.7 Å². The van der Waals surface area contributed by atoms with Gasteiger partial charge >= 0.3 is 0 Å². The molecular weight excluding hydrogens is 346 g/mol. The predicted octanol–water partition coefficient (Wildman–Crippen LogP) is 2.20. The van der Waals surface area contributed by atoms with Gasteiger partial charge in [-0.1, -0.05) is 13.8 Å². The Morgan fingerprint density at radius 1 is 1.45 bits per heavy atom. The standard InChI is InChI=1S/C16H24BrN3O2/c1-12(2)9-19-15(22)16(11-21)5-7-20(8-6-16)14-4-3-13(17)10-18-14/h3-4,10,12,21H,5-9,11H2,1-2H3,(H,19,22). The van der Waals surface area contributed by atoms with Crippen LogP contribution in [-0.4, -0.2) is 42.2 Å². The summed E-state index contributed by atoms with van der Waals surface area (Å²) in [6.45, 7) is 6.13. The number of halogens is 1. The molecule has 2 rings (SSSR count). The summed E-state index contributed by atoms with van der Waals surface area (Å²) in [7, 11) is 0.